The van der Waals surface area contributed by atoms with Crippen LogP contribution in [0, 0.1) is 22.7 Å². The van der Waals surface area contributed by atoms with E-state index in [1.165, 1.54) is 6.08 Å². The van der Waals surface area contributed by atoms with E-state index in [4.69, 9.17) is 5.41 Å². The zero-order valence-electron chi connectivity index (χ0n) is 19.2. The molecule has 0 spiro atoms. The van der Waals surface area contributed by atoms with E-state index in [0.29, 0.717) is 24.5 Å². The van der Waals surface area contributed by atoms with Gasteiger partial charge in [-0.05, 0) is 79.9 Å². The Labute approximate surface area is 185 Å². The van der Waals surface area contributed by atoms with E-state index in [9.17, 15) is 14.7 Å². The summed E-state index contributed by atoms with van der Waals surface area (Å²) in [5.74, 6) is -0.358. The molecule has 0 aromatic carbocycles. The Hall–Kier alpha value is -1.56. The molecule has 0 aromatic rings. The van der Waals surface area contributed by atoms with Crippen molar-refractivity contribution >= 4 is 29.4 Å². The molecule has 2 aliphatic carbocycles. The summed E-state index contributed by atoms with van der Waals surface area (Å²) in [6.07, 6.45) is 11.7. The largest absolute Gasteiger partial charge is 0.478 e. The van der Waals surface area contributed by atoms with Crippen LogP contribution in [0.25, 0.3) is 0 Å². The van der Waals surface area contributed by atoms with Gasteiger partial charge in [-0.1, -0.05) is 27.7 Å². The van der Waals surface area contributed by atoms with E-state index in [1.807, 2.05) is 12.3 Å². The molecule has 0 aromatic heterocycles. The Balaban J connectivity index is 2.47. The van der Waals surface area contributed by atoms with Gasteiger partial charge in [0.05, 0.1) is 5.70 Å². The predicted octanol–water partition coefficient (Wildman–Crippen LogP) is 5.87. The molecule has 0 unspecified atom stereocenters. The van der Waals surface area contributed by atoms with Crippen LogP contribution in [-0.2, 0) is 9.59 Å². The first kappa shape index (κ1) is 24.7. The van der Waals surface area contributed by atoms with Crippen molar-refractivity contribution in [2.45, 2.75) is 85.1 Å². The molecule has 2 saturated carbocycles. The maximum absolute atomic E-state index is 13.7. The number of aliphatic carboxylic acids is 1. The average molecular weight is 435 g/mol. The lowest BCUT2D eigenvalue weighted by atomic mass is 9.81. The second kappa shape index (κ2) is 10.7. The lowest BCUT2D eigenvalue weighted by molar-refractivity contribution is -0.137. The monoisotopic (exact) mass is 434 g/mol. The lowest BCUT2D eigenvalue weighted by Gasteiger charge is -2.39. The van der Waals surface area contributed by atoms with E-state index < -0.39 is 5.97 Å². The van der Waals surface area contributed by atoms with Crippen LogP contribution in [0.2, 0.25) is 0 Å². The van der Waals surface area contributed by atoms with Crippen molar-refractivity contribution < 1.29 is 14.7 Å². The maximum atomic E-state index is 13.7. The molecule has 5 nitrogen and oxygen atoms in total. The highest BCUT2D eigenvalue weighted by Gasteiger charge is 2.35. The first-order chi connectivity index (χ1) is 14.0. The van der Waals surface area contributed by atoms with Gasteiger partial charge in [-0.2, -0.15) is 0 Å². The summed E-state index contributed by atoms with van der Waals surface area (Å²) in [6, 6.07) is -0.0455. The fraction of sp³-hybridized carbons (Fsp3) is 0.708. The number of carbonyl (C=O) groups excluding carboxylic acids is 1. The Bertz CT molecular complexity index is 702. The van der Waals surface area contributed by atoms with Crippen molar-refractivity contribution in [3.8, 4) is 0 Å². The molecule has 0 saturated heterocycles. The molecule has 1 amide bonds. The number of nitrogens with one attached hydrogen (secondary N) is 1. The summed E-state index contributed by atoms with van der Waals surface area (Å²) in [5.41, 5.74) is 1.08. The first-order valence-electron chi connectivity index (χ1n) is 11.1. The van der Waals surface area contributed by atoms with Gasteiger partial charge in [-0.15, -0.1) is 11.8 Å². The van der Waals surface area contributed by atoms with Crippen LogP contribution >= 0.6 is 11.8 Å². The molecular formula is C24H38N2O3S. The summed E-state index contributed by atoms with van der Waals surface area (Å²) < 4.78 is 0. The molecule has 0 bridgehead atoms. The third kappa shape index (κ3) is 6.73. The van der Waals surface area contributed by atoms with Crippen LogP contribution in [-0.4, -0.2) is 39.9 Å². The molecule has 0 heterocycles. The molecule has 0 atom stereocenters. The van der Waals surface area contributed by atoms with Gasteiger partial charge in [-0.25, -0.2) is 4.79 Å². The van der Waals surface area contributed by atoms with Crippen LogP contribution in [0.1, 0.15) is 79.1 Å². The number of rotatable bonds is 6. The molecule has 0 radical (unpaired) electrons. The average Bonchev–Trinajstić information content (AvgIpc) is 2.66. The second-order valence-electron chi connectivity index (χ2n) is 9.87. The Kier molecular flexibility index (Phi) is 8.77. The van der Waals surface area contributed by atoms with Gasteiger partial charge in [-0.3, -0.25) is 4.79 Å². The topological polar surface area (TPSA) is 81.5 Å². The van der Waals surface area contributed by atoms with Gasteiger partial charge in [0.2, 0.25) is 5.91 Å². The van der Waals surface area contributed by atoms with Crippen LogP contribution in [0.15, 0.2) is 22.8 Å². The molecule has 0 aliphatic heterocycles. The summed E-state index contributed by atoms with van der Waals surface area (Å²) in [4.78, 5) is 28.3. The molecule has 2 aliphatic rings. The quantitative estimate of drug-likeness (QED) is 0.405. The highest BCUT2D eigenvalue weighted by atomic mass is 32.2. The minimum atomic E-state index is -1.03. The number of carboxylic acids is 1. The van der Waals surface area contributed by atoms with Crippen LogP contribution in [0.5, 0.6) is 0 Å². The molecule has 2 rings (SSSR count). The number of thioether (sulfide) groups is 1. The Morgan fingerprint density at radius 3 is 2.10 bits per heavy atom. The standard InChI is InChI=1S/C24H38N2O3S/c1-16-6-8-17(9-7-16)23(29)26(19-12-10-18(25)11-13-19)20(15-22(27)28)14-21(30-5)24(2,3)4/h14-17,19,25H,6-13H2,1-5H3,(H,27,28)/b20-15-,21-14-,25-18?/t16-,17-,19?. The number of carbonyl (C=O) groups is 2. The van der Waals surface area contributed by atoms with E-state index in [0.717, 1.165) is 49.1 Å². The van der Waals surface area contributed by atoms with Gasteiger partial charge in [0.25, 0.3) is 0 Å². The van der Waals surface area contributed by atoms with Crippen molar-refractivity contribution in [1.82, 2.24) is 4.90 Å². The number of allylic oxidation sites excluding steroid dienone is 2. The highest BCUT2D eigenvalue weighted by molar-refractivity contribution is 8.02. The zero-order valence-corrected chi connectivity index (χ0v) is 20.0. The second-order valence-corrected chi connectivity index (χ2v) is 10.7. The first-order valence-corrected chi connectivity index (χ1v) is 12.4. The Morgan fingerprint density at radius 2 is 1.63 bits per heavy atom. The van der Waals surface area contributed by atoms with Crippen LogP contribution in [0.3, 0.4) is 0 Å². The predicted molar refractivity (Wildman–Crippen MR) is 125 cm³/mol. The number of nitrogens with zero attached hydrogens (tertiary/aromatic N) is 1. The van der Waals surface area contributed by atoms with Crippen LogP contribution < -0.4 is 0 Å². The molecule has 30 heavy (non-hydrogen) atoms. The fourth-order valence-corrected chi connectivity index (χ4v) is 5.31. The number of amides is 1. The zero-order chi connectivity index (χ0) is 22.5. The summed E-state index contributed by atoms with van der Waals surface area (Å²) in [5, 5.41) is 17.6. The number of hydrogen-bond donors (Lipinski definition) is 2. The third-order valence-corrected chi connectivity index (χ3v) is 7.48. The molecule has 2 N–H and O–H groups in total. The van der Waals surface area contributed by atoms with Gasteiger partial charge in [0.15, 0.2) is 0 Å². The van der Waals surface area contributed by atoms with Crippen molar-refractivity contribution in [1.29, 1.82) is 5.41 Å². The third-order valence-electron chi connectivity index (χ3n) is 6.31. The van der Waals surface area contributed by atoms with Crippen molar-refractivity contribution in [2.24, 2.45) is 17.3 Å². The van der Waals surface area contributed by atoms with Gasteiger partial charge < -0.3 is 15.4 Å². The van der Waals surface area contributed by atoms with Crippen molar-refractivity contribution in [3.05, 3.63) is 22.8 Å². The molecule has 168 valence electrons. The van der Waals surface area contributed by atoms with E-state index in [2.05, 4.69) is 27.7 Å². The summed E-state index contributed by atoms with van der Waals surface area (Å²) in [6.45, 7) is 8.54. The number of carboxylic acid groups (broad SMARTS) is 1. The van der Waals surface area contributed by atoms with E-state index >= 15 is 0 Å². The fourth-order valence-electron chi connectivity index (χ4n) is 4.45. The van der Waals surface area contributed by atoms with E-state index in [-0.39, 0.29) is 23.3 Å². The molecule has 6 heteroatoms. The Morgan fingerprint density at radius 1 is 1.07 bits per heavy atom. The minimum absolute atomic E-state index is 0.0412. The van der Waals surface area contributed by atoms with E-state index in [1.54, 1.807) is 16.7 Å². The minimum Gasteiger partial charge on any atom is -0.478 e. The normalized spacial score (nSPS) is 26.4. The van der Waals surface area contributed by atoms with Crippen molar-refractivity contribution in [3.63, 3.8) is 0 Å². The SMILES string of the molecule is CS/C(=C\C(=C\C(=O)O)N(C(=O)[C@H]1CC[C@H](C)CC1)C1CCC(=N)CC1)C(C)(C)C. The highest BCUT2D eigenvalue weighted by Crippen LogP contribution is 2.37. The number of hydrogen-bond acceptors (Lipinski definition) is 4. The lowest BCUT2D eigenvalue weighted by Crippen LogP contribution is -2.45. The van der Waals surface area contributed by atoms with Crippen LogP contribution in [0.4, 0.5) is 0 Å². The molecule has 2 fully saturated rings. The van der Waals surface area contributed by atoms with Crippen molar-refractivity contribution in [2.75, 3.05) is 6.26 Å². The maximum Gasteiger partial charge on any atom is 0.330 e. The smallest absolute Gasteiger partial charge is 0.330 e. The van der Waals surface area contributed by atoms with Gasteiger partial charge in [0, 0.05) is 23.7 Å². The summed E-state index contributed by atoms with van der Waals surface area (Å²) >= 11 is 1.60. The van der Waals surface area contributed by atoms with Gasteiger partial charge in [0.1, 0.15) is 0 Å². The summed E-state index contributed by atoms with van der Waals surface area (Å²) in [7, 11) is 0. The van der Waals surface area contributed by atoms with Gasteiger partial charge >= 0.3 is 5.97 Å². The molecular weight excluding hydrogens is 396 g/mol.